The summed E-state index contributed by atoms with van der Waals surface area (Å²) >= 11 is 6.02. The van der Waals surface area contributed by atoms with Crippen molar-refractivity contribution in [3.8, 4) is 0 Å². The number of piperazine rings is 1. The summed E-state index contributed by atoms with van der Waals surface area (Å²) in [4.78, 5) is 20.6. The lowest BCUT2D eigenvalue weighted by atomic mass is 10.1. The highest BCUT2D eigenvalue weighted by Gasteiger charge is 2.18. The number of carbonyl (C=O) groups excluding carboxylic acids is 1. The second-order valence-electron chi connectivity index (χ2n) is 5.48. The number of amides is 1. The van der Waals surface area contributed by atoms with Crippen molar-refractivity contribution >= 4 is 34.1 Å². The van der Waals surface area contributed by atoms with Crippen molar-refractivity contribution in [1.82, 2.24) is 15.2 Å². The summed E-state index contributed by atoms with van der Waals surface area (Å²) in [5, 5.41) is 4.92. The van der Waals surface area contributed by atoms with Crippen molar-refractivity contribution < 1.29 is 4.79 Å². The normalized spacial score (nSPS) is 15.1. The van der Waals surface area contributed by atoms with Crippen LogP contribution in [0, 0.1) is 0 Å². The number of likely N-dealkylation sites (N-methyl/N-ethyl adjacent to an activating group) is 1. The molecule has 2 heterocycles. The van der Waals surface area contributed by atoms with Crippen LogP contribution < -0.4 is 10.2 Å². The third-order valence-corrected chi connectivity index (χ3v) is 4.17. The van der Waals surface area contributed by atoms with Crippen LogP contribution in [0.15, 0.2) is 30.5 Å². The summed E-state index contributed by atoms with van der Waals surface area (Å²) in [6.45, 7) is 3.65. The van der Waals surface area contributed by atoms with E-state index in [2.05, 4.69) is 10.3 Å². The summed E-state index contributed by atoms with van der Waals surface area (Å²) in [5.41, 5.74) is 1.83. The monoisotopic (exact) mass is 318 g/mol. The van der Waals surface area contributed by atoms with E-state index in [4.69, 9.17) is 11.6 Å². The number of nitrogens with one attached hydrogen (secondary N) is 1. The fraction of sp³-hybridized carbons (Fsp3) is 0.375. The van der Waals surface area contributed by atoms with Crippen LogP contribution in [-0.2, 0) is 4.79 Å². The quantitative estimate of drug-likeness (QED) is 0.937. The molecule has 0 spiro atoms. The Kier molecular flexibility index (Phi) is 4.45. The fourth-order valence-electron chi connectivity index (χ4n) is 2.74. The molecule has 1 aromatic heterocycles. The second-order valence-corrected chi connectivity index (χ2v) is 5.91. The molecule has 1 saturated heterocycles. The zero-order valence-corrected chi connectivity index (χ0v) is 13.3. The van der Waals surface area contributed by atoms with Crippen LogP contribution >= 0.6 is 11.6 Å². The van der Waals surface area contributed by atoms with Crippen molar-refractivity contribution in [3.05, 3.63) is 35.5 Å². The number of aromatic nitrogens is 1. The lowest BCUT2D eigenvalue weighted by Crippen LogP contribution is -2.49. The van der Waals surface area contributed by atoms with E-state index in [0.717, 1.165) is 42.8 Å². The highest BCUT2D eigenvalue weighted by atomic mass is 35.5. The van der Waals surface area contributed by atoms with Crippen LogP contribution in [0.25, 0.3) is 10.9 Å². The lowest BCUT2D eigenvalue weighted by Gasteiger charge is -2.30. The average molecular weight is 319 g/mol. The van der Waals surface area contributed by atoms with E-state index in [-0.39, 0.29) is 5.91 Å². The number of benzene rings is 1. The van der Waals surface area contributed by atoms with Crippen LogP contribution in [0.1, 0.15) is 0 Å². The Balaban J connectivity index is 1.79. The number of halogens is 1. The Hall–Kier alpha value is -1.85. The van der Waals surface area contributed by atoms with Crippen LogP contribution in [0.3, 0.4) is 0 Å². The highest BCUT2D eigenvalue weighted by molar-refractivity contribution is 6.31. The van der Waals surface area contributed by atoms with Crippen LogP contribution in [-0.4, -0.2) is 55.6 Å². The van der Waals surface area contributed by atoms with Crippen molar-refractivity contribution in [2.45, 2.75) is 0 Å². The molecular formula is C16H19ClN4O. The number of fused-ring (bicyclic) bond motifs is 1. The van der Waals surface area contributed by atoms with Crippen molar-refractivity contribution in [1.29, 1.82) is 0 Å². The predicted molar refractivity (Wildman–Crippen MR) is 89.5 cm³/mol. The van der Waals surface area contributed by atoms with Crippen LogP contribution in [0.4, 0.5) is 5.69 Å². The molecule has 116 valence electrons. The zero-order chi connectivity index (χ0) is 15.5. The van der Waals surface area contributed by atoms with Crippen LogP contribution in [0.2, 0.25) is 5.02 Å². The molecule has 2 aromatic rings. The van der Waals surface area contributed by atoms with Crippen molar-refractivity contribution in [2.75, 3.05) is 44.7 Å². The summed E-state index contributed by atoms with van der Waals surface area (Å²) < 4.78 is 0. The smallest absolute Gasteiger partial charge is 0.242 e. The van der Waals surface area contributed by atoms with E-state index in [1.807, 2.05) is 41.1 Å². The topological polar surface area (TPSA) is 48.5 Å². The molecule has 1 aliphatic heterocycles. The molecule has 1 aromatic carbocycles. The third-order valence-electron chi connectivity index (χ3n) is 3.94. The molecule has 1 amide bonds. The number of nitrogens with zero attached hydrogens (tertiary/aromatic N) is 3. The van der Waals surface area contributed by atoms with Gasteiger partial charge in [0.25, 0.3) is 0 Å². The number of pyridine rings is 1. The maximum absolute atomic E-state index is 12.4. The van der Waals surface area contributed by atoms with Gasteiger partial charge in [-0.15, -0.1) is 0 Å². The van der Waals surface area contributed by atoms with E-state index >= 15 is 0 Å². The molecule has 0 bridgehead atoms. The van der Waals surface area contributed by atoms with Gasteiger partial charge < -0.3 is 15.1 Å². The minimum atomic E-state index is 0.155. The maximum atomic E-state index is 12.4. The average Bonchev–Trinajstić information content (AvgIpc) is 2.54. The number of rotatable bonds is 3. The van der Waals surface area contributed by atoms with Crippen LogP contribution in [0.5, 0.6) is 0 Å². The Morgan fingerprint density at radius 2 is 2.14 bits per heavy atom. The van der Waals surface area contributed by atoms with Gasteiger partial charge in [-0.05, 0) is 24.3 Å². The first-order valence-corrected chi connectivity index (χ1v) is 7.77. The predicted octanol–water partition coefficient (Wildman–Crippen LogP) is 1.76. The Morgan fingerprint density at radius 3 is 2.91 bits per heavy atom. The van der Waals surface area contributed by atoms with Gasteiger partial charge in [0, 0.05) is 55.5 Å². The van der Waals surface area contributed by atoms with E-state index in [9.17, 15) is 4.79 Å². The summed E-state index contributed by atoms with van der Waals surface area (Å²) in [6, 6.07) is 7.57. The summed E-state index contributed by atoms with van der Waals surface area (Å²) in [7, 11) is 1.93. The zero-order valence-electron chi connectivity index (χ0n) is 12.6. The maximum Gasteiger partial charge on any atom is 0.242 e. The van der Waals surface area contributed by atoms with E-state index < -0.39 is 0 Å². The molecule has 0 atom stereocenters. The molecule has 22 heavy (non-hydrogen) atoms. The molecule has 0 aliphatic carbocycles. The number of hydrogen-bond donors (Lipinski definition) is 1. The molecule has 1 fully saturated rings. The first-order valence-electron chi connectivity index (χ1n) is 7.39. The molecule has 3 rings (SSSR count). The van der Waals surface area contributed by atoms with Gasteiger partial charge in [-0.25, -0.2) is 0 Å². The third kappa shape index (κ3) is 3.15. The lowest BCUT2D eigenvalue weighted by molar-refractivity contribution is -0.130. The van der Waals surface area contributed by atoms with E-state index in [0.29, 0.717) is 11.6 Å². The Morgan fingerprint density at radius 1 is 1.36 bits per heavy atom. The first kappa shape index (κ1) is 15.1. The van der Waals surface area contributed by atoms with Crippen molar-refractivity contribution in [2.24, 2.45) is 0 Å². The molecule has 0 saturated carbocycles. The van der Waals surface area contributed by atoms with Gasteiger partial charge in [0.2, 0.25) is 5.91 Å². The van der Waals surface area contributed by atoms with Gasteiger partial charge >= 0.3 is 0 Å². The summed E-state index contributed by atoms with van der Waals surface area (Å²) in [6.07, 6.45) is 1.75. The van der Waals surface area contributed by atoms with Gasteiger partial charge in [-0.3, -0.25) is 9.78 Å². The fourth-order valence-corrected chi connectivity index (χ4v) is 2.91. The molecule has 1 N–H and O–H groups in total. The van der Waals surface area contributed by atoms with Gasteiger partial charge in [0.05, 0.1) is 12.1 Å². The largest absolute Gasteiger partial charge is 0.365 e. The van der Waals surface area contributed by atoms with Crippen molar-refractivity contribution in [3.63, 3.8) is 0 Å². The Bertz CT molecular complexity index is 685. The van der Waals surface area contributed by atoms with Gasteiger partial charge in [-0.2, -0.15) is 0 Å². The number of anilines is 1. The molecule has 0 radical (unpaired) electrons. The highest BCUT2D eigenvalue weighted by Crippen LogP contribution is 2.26. The minimum Gasteiger partial charge on any atom is -0.365 e. The van der Waals surface area contributed by atoms with Gasteiger partial charge in [-0.1, -0.05) is 11.6 Å². The van der Waals surface area contributed by atoms with E-state index in [1.54, 1.807) is 6.20 Å². The molecule has 1 aliphatic rings. The first-order chi connectivity index (χ1) is 10.6. The van der Waals surface area contributed by atoms with Gasteiger partial charge in [0.15, 0.2) is 0 Å². The Labute approximate surface area is 134 Å². The SMILES string of the molecule is CN(CC(=O)N1CCNCC1)c1ccnc2cc(Cl)ccc12. The molecular weight excluding hydrogens is 300 g/mol. The summed E-state index contributed by atoms with van der Waals surface area (Å²) in [5.74, 6) is 0.155. The number of carbonyl (C=O) groups is 1. The minimum absolute atomic E-state index is 0.155. The van der Waals surface area contributed by atoms with E-state index in [1.165, 1.54) is 0 Å². The second kappa shape index (κ2) is 6.50. The van der Waals surface area contributed by atoms with Gasteiger partial charge in [0.1, 0.15) is 0 Å². The molecule has 0 unspecified atom stereocenters. The molecule has 5 nitrogen and oxygen atoms in total. The molecule has 6 heteroatoms. The standard InChI is InChI=1S/C16H19ClN4O/c1-20(11-16(22)21-8-6-18-7-9-21)15-4-5-19-14-10-12(17)2-3-13(14)15/h2-5,10,18H,6-9,11H2,1H3. The number of hydrogen-bond acceptors (Lipinski definition) is 4.